The molecule has 1 unspecified atom stereocenters. The van der Waals surface area contributed by atoms with Crippen LogP contribution in [-0.2, 0) is 9.47 Å². The van der Waals surface area contributed by atoms with Crippen molar-refractivity contribution in [2.75, 3.05) is 18.9 Å². The smallest absolute Gasteiger partial charge is 0.280 e. The molecule has 2 aromatic rings. The number of aromatic amines is 1. The van der Waals surface area contributed by atoms with Crippen molar-refractivity contribution in [1.82, 2.24) is 19.5 Å². The highest BCUT2D eigenvalue weighted by molar-refractivity contribution is 5.70. The molecule has 4 rings (SSSR count). The van der Waals surface area contributed by atoms with Crippen LogP contribution in [0, 0.1) is 0 Å². The molecule has 2 aliphatic heterocycles. The quantitative estimate of drug-likeness (QED) is 0.503. The zero-order valence-corrected chi connectivity index (χ0v) is 11.7. The van der Waals surface area contributed by atoms with E-state index in [0.717, 1.165) is 0 Å². The molecule has 0 spiro atoms. The summed E-state index contributed by atoms with van der Waals surface area (Å²) in [6.07, 6.45) is -0.114. The third-order valence-corrected chi connectivity index (χ3v) is 4.56. The summed E-state index contributed by atoms with van der Waals surface area (Å²) in [5, 5.41) is 20.3. The topological polar surface area (TPSA) is 149 Å². The van der Waals surface area contributed by atoms with E-state index < -0.39 is 35.7 Å². The molecule has 2 aromatic heterocycles. The maximum absolute atomic E-state index is 11.8. The van der Waals surface area contributed by atoms with Crippen LogP contribution in [0.1, 0.15) is 13.2 Å². The number of nitrogen functional groups attached to an aromatic ring is 1. The lowest BCUT2D eigenvalue weighted by atomic mass is 9.86. The lowest BCUT2D eigenvalue weighted by Gasteiger charge is -2.31. The van der Waals surface area contributed by atoms with E-state index in [1.54, 1.807) is 6.92 Å². The van der Waals surface area contributed by atoms with Gasteiger partial charge in [0.2, 0.25) is 5.95 Å². The first-order chi connectivity index (χ1) is 10.4. The Morgan fingerprint density at radius 3 is 3.09 bits per heavy atom. The number of nitrogens with zero attached hydrogens (tertiary/aromatic N) is 3. The summed E-state index contributed by atoms with van der Waals surface area (Å²) in [6, 6.07) is 0. The molecule has 4 atom stereocenters. The van der Waals surface area contributed by atoms with Crippen molar-refractivity contribution in [3.05, 3.63) is 16.7 Å². The van der Waals surface area contributed by atoms with Gasteiger partial charge in [0.1, 0.15) is 17.3 Å². The van der Waals surface area contributed by atoms with Gasteiger partial charge in [-0.15, -0.1) is 0 Å². The second-order valence-electron chi connectivity index (χ2n) is 5.82. The molecule has 0 aromatic carbocycles. The first-order valence-electron chi connectivity index (χ1n) is 6.74. The molecule has 5 N–H and O–H groups in total. The third-order valence-electron chi connectivity index (χ3n) is 4.56. The average molecular weight is 309 g/mol. The van der Waals surface area contributed by atoms with Crippen LogP contribution in [0.25, 0.3) is 11.2 Å². The van der Waals surface area contributed by atoms with E-state index in [0.29, 0.717) is 0 Å². The number of hydrogen-bond donors (Lipinski definition) is 4. The van der Waals surface area contributed by atoms with Crippen molar-refractivity contribution in [3.8, 4) is 0 Å². The Morgan fingerprint density at radius 1 is 1.64 bits per heavy atom. The molecule has 2 aliphatic rings. The van der Waals surface area contributed by atoms with Crippen molar-refractivity contribution in [2.45, 2.75) is 30.5 Å². The molecule has 2 saturated heterocycles. The van der Waals surface area contributed by atoms with Crippen molar-refractivity contribution < 1.29 is 19.7 Å². The first-order valence-corrected chi connectivity index (χ1v) is 6.74. The van der Waals surface area contributed by atoms with Gasteiger partial charge in [-0.25, -0.2) is 4.98 Å². The molecule has 10 nitrogen and oxygen atoms in total. The lowest BCUT2D eigenvalue weighted by Crippen LogP contribution is -2.52. The standard InChI is InChI=1S/C12H15N5O5/c1-11(20)6-9(22-12(11,2-18)3-21-6)17-4-14-5-7(17)15-10(13)16-8(5)19/h4,6,9,18,20H,2-3H2,1H3,(H3,13,15,16,19)/t6-,9+,11?,12-/m0/s1. The zero-order valence-electron chi connectivity index (χ0n) is 11.7. The number of nitrogens with one attached hydrogen (secondary N) is 1. The van der Waals surface area contributed by atoms with E-state index in [1.807, 2.05) is 0 Å². The van der Waals surface area contributed by atoms with Crippen molar-refractivity contribution >= 4 is 17.1 Å². The number of aliphatic hydroxyl groups is 2. The number of nitrogens with two attached hydrogens (primary N) is 1. The summed E-state index contributed by atoms with van der Waals surface area (Å²) in [7, 11) is 0. The number of H-pyrrole nitrogens is 1. The predicted molar refractivity (Wildman–Crippen MR) is 72.9 cm³/mol. The van der Waals surface area contributed by atoms with Crippen LogP contribution in [0.3, 0.4) is 0 Å². The normalized spacial score (nSPS) is 37.2. The maximum Gasteiger partial charge on any atom is 0.280 e. The van der Waals surface area contributed by atoms with Gasteiger partial charge >= 0.3 is 0 Å². The van der Waals surface area contributed by atoms with Crippen LogP contribution >= 0.6 is 0 Å². The molecule has 2 bridgehead atoms. The summed E-state index contributed by atoms with van der Waals surface area (Å²) < 4.78 is 12.9. The Labute approximate surface area is 123 Å². The van der Waals surface area contributed by atoms with E-state index in [9.17, 15) is 15.0 Å². The van der Waals surface area contributed by atoms with Gasteiger partial charge in [0.25, 0.3) is 5.56 Å². The molecule has 118 valence electrons. The van der Waals surface area contributed by atoms with Gasteiger partial charge in [-0.3, -0.25) is 14.3 Å². The number of imidazole rings is 1. The van der Waals surface area contributed by atoms with Gasteiger partial charge in [-0.05, 0) is 6.92 Å². The maximum atomic E-state index is 11.8. The number of ether oxygens (including phenoxy) is 2. The van der Waals surface area contributed by atoms with Crippen LogP contribution in [0.4, 0.5) is 5.95 Å². The molecule has 0 saturated carbocycles. The van der Waals surface area contributed by atoms with Gasteiger partial charge < -0.3 is 25.4 Å². The fourth-order valence-electron chi connectivity index (χ4n) is 3.17. The van der Waals surface area contributed by atoms with Crippen molar-refractivity contribution in [2.24, 2.45) is 0 Å². The number of rotatable bonds is 2. The van der Waals surface area contributed by atoms with E-state index in [-0.39, 0.29) is 23.7 Å². The Bertz CT molecular complexity index is 814. The fraction of sp³-hybridized carbons (Fsp3) is 0.583. The lowest BCUT2D eigenvalue weighted by molar-refractivity contribution is -0.189. The minimum atomic E-state index is -1.38. The highest BCUT2D eigenvalue weighted by atomic mass is 16.7. The average Bonchev–Trinajstić information content (AvgIpc) is 3.06. The molecular weight excluding hydrogens is 294 g/mol. The Morgan fingerprint density at radius 2 is 2.41 bits per heavy atom. The van der Waals surface area contributed by atoms with Gasteiger partial charge in [-0.2, -0.15) is 4.98 Å². The van der Waals surface area contributed by atoms with E-state index in [2.05, 4.69) is 15.0 Å². The largest absolute Gasteiger partial charge is 0.393 e. The first kappa shape index (κ1) is 13.6. The fourth-order valence-corrected chi connectivity index (χ4v) is 3.17. The minimum Gasteiger partial charge on any atom is -0.393 e. The Hall–Kier alpha value is -2.01. The number of aromatic nitrogens is 4. The summed E-state index contributed by atoms with van der Waals surface area (Å²) >= 11 is 0. The summed E-state index contributed by atoms with van der Waals surface area (Å²) in [5.41, 5.74) is 2.84. The van der Waals surface area contributed by atoms with E-state index >= 15 is 0 Å². The molecule has 0 aliphatic carbocycles. The second kappa shape index (κ2) is 4.04. The molecule has 0 amide bonds. The molecule has 0 radical (unpaired) electrons. The van der Waals surface area contributed by atoms with Gasteiger partial charge in [0, 0.05) is 0 Å². The molecule has 2 fully saturated rings. The van der Waals surface area contributed by atoms with E-state index in [1.165, 1.54) is 10.9 Å². The summed E-state index contributed by atoms with van der Waals surface area (Å²) in [5.74, 6) is -0.0491. The van der Waals surface area contributed by atoms with Crippen LogP contribution < -0.4 is 11.3 Å². The van der Waals surface area contributed by atoms with Gasteiger partial charge in [-0.1, -0.05) is 0 Å². The second-order valence-corrected chi connectivity index (χ2v) is 5.82. The molecular formula is C12H15N5O5. The van der Waals surface area contributed by atoms with Gasteiger partial charge in [0.05, 0.1) is 19.5 Å². The third kappa shape index (κ3) is 1.44. The summed E-state index contributed by atoms with van der Waals surface area (Å²) in [6.45, 7) is 1.24. The highest BCUT2D eigenvalue weighted by Crippen LogP contribution is 2.51. The monoisotopic (exact) mass is 309 g/mol. The zero-order chi connectivity index (χ0) is 15.7. The van der Waals surface area contributed by atoms with E-state index in [4.69, 9.17) is 15.2 Å². The SMILES string of the molecule is CC1(O)[C@H]2OC[C@]1(CO)O[C@H]2n1cnc2c(=O)[nH]c(N)nc21. The number of fused-ring (bicyclic) bond motifs is 3. The van der Waals surface area contributed by atoms with Crippen molar-refractivity contribution in [3.63, 3.8) is 0 Å². The Kier molecular flexibility index (Phi) is 2.51. The highest BCUT2D eigenvalue weighted by Gasteiger charge is 2.69. The molecule has 22 heavy (non-hydrogen) atoms. The number of aliphatic hydroxyl groups excluding tert-OH is 1. The van der Waals surface area contributed by atoms with Crippen LogP contribution in [-0.4, -0.2) is 60.3 Å². The van der Waals surface area contributed by atoms with Crippen molar-refractivity contribution in [1.29, 1.82) is 0 Å². The summed E-state index contributed by atoms with van der Waals surface area (Å²) in [4.78, 5) is 22.3. The predicted octanol–water partition coefficient (Wildman–Crippen LogP) is -1.89. The van der Waals surface area contributed by atoms with Crippen LogP contribution in [0.15, 0.2) is 11.1 Å². The number of hydrogen-bond acceptors (Lipinski definition) is 8. The van der Waals surface area contributed by atoms with Crippen LogP contribution in [0.2, 0.25) is 0 Å². The van der Waals surface area contributed by atoms with Gasteiger partial charge in [0.15, 0.2) is 17.4 Å². The number of anilines is 1. The molecule has 10 heteroatoms. The molecule has 4 heterocycles. The van der Waals surface area contributed by atoms with Crippen LogP contribution in [0.5, 0.6) is 0 Å². The minimum absolute atomic E-state index is 0.0491. The Balaban J connectivity index is 1.87.